The zero-order chi connectivity index (χ0) is 7.82. The van der Waals surface area contributed by atoms with Crippen LogP contribution in [0.2, 0.25) is 0 Å². The molecule has 1 aromatic rings. The number of nitrogens with zero attached hydrogens (tertiary/aromatic N) is 1. The first-order valence-corrected chi connectivity index (χ1v) is 3.38. The summed E-state index contributed by atoms with van der Waals surface area (Å²) in [5.74, 6) is 0. The van der Waals surface area contributed by atoms with Crippen molar-refractivity contribution < 1.29 is 0 Å². The lowest BCUT2D eigenvalue weighted by Crippen LogP contribution is -1.66. The molecule has 0 atom stereocenters. The predicted octanol–water partition coefficient (Wildman–Crippen LogP) is 3.16. The zero-order valence-corrected chi connectivity index (χ0v) is 8.46. The molecule has 60 valence electrons. The Hall–Kier alpha value is -0.810. The first-order valence-electron chi connectivity index (χ1n) is 3.38. The van der Waals surface area contributed by atoms with Crippen molar-refractivity contribution in [1.29, 1.82) is 5.26 Å². The second-order valence-electron chi connectivity index (χ2n) is 1.48. The molecule has 0 saturated heterocycles. The summed E-state index contributed by atoms with van der Waals surface area (Å²) in [5.41, 5.74) is 0.715. The SMILES string of the molecule is Br.CC.N#Cc1ccccc1. The van der Waals surface area contributed by atoms with Gasteiger partial charge in [-0.05, 0) is 12.1 Å². The molecule has 0 bridgehead atoms. The van der Waals surface area contributed by atoms with Crippen LogP contribution in [-0.2, 0) is 0 Å². The Balaban J connectivity index is 0. The van der Waals surface area contributed by atoms with E-state index >= 15 is 0 Å². The normalized spacial score (nSPS) is 6.27. The highest BCUT2D eigenvalue weighted by atomic mass is 79.9. The summed E-state index contributed by atoms with van der Waals surface area (Å²) in [6.07, 6.45) is 0. The van der Waals surface area contributed by atoms with Gasteiger partial charge in [-0.3, -0.25) is 0 Å². The molecule has 1 nitrogen and oxygen atoms in total. The van der Waals surface area contributed by atoms with Gasteiger partial charge in [0.25, 0.3) is 0 Å². The van der Waals surface area contributed by atoms with E-state index < -0.39 is 0 Å². The highest BCUT2D eigenvalue weighted by Crippen LogP contribution is 1.92. The van der Waals surface area contributed by atoms with E-state index in [2.05, 4.69) is 0 Å². The fraction of sp³-hybridized carbons (Fsp3) is 0.222. The van der Waals surface area contributed by atoms with E-state index in [4.69, 9.17) is 5.26 Å². The highest BCUT2D eigenvalue weighted by Gasteiger charge is 1.79. The first kappa shape index (κ1) is 12.8. The Labute approximate surface area is 78.4 Å². The van der Waals surface area contributed by atoms with Gasteiger partial charge in [-0.2, -0.15) is 5.26 Å². The van der Waals surface area contributed by atoms with Crippen molar-refractivity contribution in [2.24, 2.45) is 0 Å². The number of rotatable bonds is 0. The molecule has 0 fully saturated rings. The van der Waals surface area contributed by atoms with Crippen LogP contribution in [0.4, 0.5) is 0 Å². The average Bonchev–Trinajstić information content (AvgIpc) is 2.10. The Morgan fingerprint density at radius 2 is 1.55 bits per heavy atom. The van der Waals surface area contributed by atoms with Gasteiger partial charge in [-0.25, -0.2) is 0 Å². The zero-order valence-electron chi connectivity index (χ0n) is 6.74. The minimum atomic E-state index is 0. The maximum atomic E-state index is 8.29. The molecular weight excluding hydrogens is 202 g/mol. The van der Waals surface area contributed by atoms with Crippen LogP contribution in [0.5, 0.6) is 0 Å². The minimum absolute atomic E-state index is 0. The van der Waals surface area contributed by atoms with E-state index in [9.17, 15) is 0 Å². The van der Waals surface area contributed by atoms with E-state index in [0.717, 1.165) is 0 Å². The van der Waals surface area contributed by atoms with Crippen molar-refractivity contribution in [3.05, 3.63) is 35.9 Å². The fourth-order valence-corrected chi connectivity index (χ4v) is 0.513. The van der Waals surface area contributed by atoms with Gasteiger partial charge in [0.15, 0.2) is 0 Å². The van der Waals surface area contributed by atoms with E-state index in [1.807, 2.05) is 38.1 Å². The van der Waals surface area contributed by atoms with Crippen molar-refractivity contribution in [1.82, 2.24) is 0 Å². The standard InChI is InChI=1S/C7H5N.C2H6.BrH/c8-6-7-4-2-1-3-5-7;1-2;/h1-5H;1-2H3;1H. The van der Waals surface area contributed by atoms with Crippen molar-refractivity contribution >= 4 is 17.0 Å². The molecule has 0 aliphatic carbocycles. The van der Waals surface area contributed by atoms with Crippen molar-refractivity contribution in [2.75, 3.05) is 0 Å². The third kappa shape index (κ3) is 5.63. The summed E-state index contributed by atoms with van der Waals surface area (Å²) in [4.78, 5) is 0. The monoisotopic (exact) mass is 213 g/mol. The van der Waals surface area contributed by atoms with Crippen LogP contribution >= 0.6 is 17.0 Å². The minimum Gasteiger partial charge on any atom is -0.192 e. The van der Waals surface area contributed by atoms with E-state index in [0.29, 0.717) is 5.56 Å². The Morgan fingerprint density at radius 1 is 1.09 bits per heavy atom. The van der Waals surface area contributed by atoms with Gasteiger partial charge in [-0.1, -0.05) is 32.0 Å². The van der Waals surface area contributed by atoms with Crippen molar-refractivity contribution in [3.8, 4) is 6.07 Å². The molecule has 0 aromatic heterocycles. The molecule has 0 aliphatic heterocycles. The molecule has 0 heterocycles. The van der Waals surface area contributed by atoms with Crippen LogP contribution in [0.3, 0.4) is 0 Å². The lowest BCUT2D eigenvalue weighted by atomic mass is 10.2. The smallest absolute Gasteiger partial charge is 0.0991 e. The van der Waals surface area contributed by atoms with Crippen LogP contribution in [-0.4, -0.2) is 0 Å². The van der Waals surface area contributed by atoms with E-state index in [1.165, 1.54) is 0 Å². The Kier molecular flexibility index (Phi) is 10.7. The molecule has 0 aliphatic rings. The average molecular weight is 214 g/mol. The van der Waals surface area contributed by atoms with Gasteiger partial charge >= 0.3 is 0 Å². The fourth-order valence-electron chi connectivity index (χ4n) is 0.513. The molecule has 0 spiro atoms. The molecule has 11 heavy (non-hydrogen) atoms. The number of benzene rings is 1. The molecule has 2 heteroatoms. The molecule has 0 radical (unpaired) electrons. The summed E-state index contributed by atoms with van der Waals surface area (Å²) in [5, 5.41) is 8.29. The maximum Gasteiger partial charge on any atom is 0.0991 e. The number of halogens is 1. The summed E-state index contributed by atoms with van der Waals surface area (Å²) in [6, 6.07) is 11.2. The van der Waals surface area contributed by atoms with Crippen molar-refractivity contribution in [2.45, 2.75) is 13.8 Å². The van der Waals surface area contributed by atoms with Crippen LogP contribution in [0, 0.1) is 11.3 Å². The lowest BCUT2D eigenvalue weighted by Gasteiger charge is -1.80. The third-order valence-corrected chi connectivity index (χ3v) is 0.903. The van der Waals surface area contributed by atoms with Crippen LogP contribution < -0.4 is 0 Å². The molecular formula is C9H12BrN. The summed E-state index contributed by atoms with van der Waals surface area (Å²) < 4.78 is 0. The van der Waals surface area contributed by atoms with Gasteiger partial charge in [0.05, 0.1) is 11.6 Å². The van der Waals surface area contributed by atoms with Crippen LogP contribution in [0.15, 0.2) is 30.3 Å². The Morgan fingerprint density at radius 3 is 1.82 bits per heavy atom. The van der Waals surface area contributed by atoms with Gasteiger partial charge in [0.1, 0.15) is 0 Å². The number of hydrogen-bond donors (Lipinski definition) is 0. The highest BCUT2D eigenvalue weighted by molar-refractivity contribution is 8.93. The molecule has 0 amide bonds. The lowest BCUT2D eigenvalue weighted by molar-refractivity contribution is 1.49. The summed E-state index contributed by atoms with van der Waals surface area (Å²) in [7, 11) is 0. The maximum absolute atomic E-state index is 8.29. The van der Waals surface area contributed by atoms with Gasteiger partial charge in [0.2, 0.25) is 0 Å². The molecule has 1 aromatic carbocycles. The predicted molar refractivity (Wildman–Crippen MR) is 52.8 cm³/mol. The first-order chi connectivity index (χ1) is 4.93. The van der Waals surface area contributed by atoms with E-state index in [1.54, 1.807) is 12.1 Å². The van der Waals surface area contributed by atoms with Crippen LogP contribution in [0.1, 0.15) is 19.4 Å². The van der Waals surface area contributed by atoms with Gasteiger partial charge in [0, 0.05) is 0 Å². The Bertz CT molecular complexity index is 201. The van der Waals surface area contributed by atoms with Gasteiger partial charge in [-0.15, -0.1) is 17.0 Å². The second kappa shape index (κ2) is 9.19. The van der Waals surface area contributed by atoms with E-state index in [-0.39, 0.29) is 17.0 Å². The van der Waals surface area contributed by atoms with Crippen LogP contribution in [0.25, 0.3) is 0 Å². The van der Waals surface area contributed by atoms with Crippen molar-refractivity contribution in [3.63, 3.8) is 0 Å². The molecule has 0 N–H and O–H groups in total. The summed E-state index contributed by atoms with van der Waals surface area (Å²) in [6.45, 7) is 4.00. The number of hydrogen-bond acceptors (Lipinski definition) is 1. The quantitative estimate of drug-likeness (QED) is 0.650. The molecule has 1 rings (SSSR count). The molecule has 0 saturated carbocycles. The topological polar surface area (TPSA) is 23.8 Å². The summed E-state index contributed by atoms with van der Waals surface area (Å²) >= 11 is 0. The third-order valence-electron chi connectivity index (χ3n) is 0.903. The molecule has 0 unspecified atom stereocenters. The number of nitriles is 1. The van der Waals surface area contributed by atoms with Gasteiger partial charge < -0.3 is 0 Å². The second-order valence-corrected chi connectivity index (χ2v) is 1.48. The largest absolute Gasteiger partial charge is 0.192 e.